The monoisotopic (exact) mass is 188 g/mol. The van der Waals surface area contributed by atoms with Crippen LogP contribution in [0.15, 0.2) is 36.9 Å². The number of Topliss-reactive ketones (excluding diaryl/α,β-unsaturated/α-hetero) is 2. The van der Waals surface area contributed by atoms with Crippen LogP contribution in [0.5, 0.6) is 0 Å². The van der Waals surface area contributed by atoms with Crippen molar-refractivity contribution in [3.8, 4) is 0 Å². The van der Waals surface area contributed by atoms with E-state index in [-0.39, 0.29) is 18.0 Å². The summed E-state index contributed by atoms with van der Waals surface area (Å²) in [6.45, 7) is 5.08. The van der Waals surface area contributed by atoms with Crippen molar-refractivity contribution in [2.24, 2.45) is 0 Å². The first kappa shape index (κ1) is 10.4. The maximum absolute atomic E-state index is 11.4. The van der Waals surface area contributed by atoms with Gasteiger partial charge in [0.05, 0.1) is 6.42 Å². The van der Waals surface area contributed by atoms with Gasteiger partial charge in [0, 0.05) is 5.57 Å². The van der Waals surface area contributed by atoms with E-state index in [2.05, 4.69) is 6.58 Å². The lowest BCUT2D eigenvalue weighted by atomic mass is 10.0. The zero-order valence-electron chi connectivity index (χ0n) is 8.12. The molecule has 0 saturated heterocycles. The minimum absolute atomic E-state index is 0.0618. The van der Waals surface area contributed by atoms with Gasteiger partial charge in [0.2, 0.25) is 0 Å². The molecule has 0 aliphatic heterocycles. The summed E-state index contributed by atoms with van der Waals surface area (Å²) in [5.74, 6) is -0.337. The molecule has 0 spiro atoms. The predicted molar refractivity (Wildman–Crippen MR) is 55.8 cm³/mol. The van der Waals surface area contributed by atoms with Crippen molar-refractivity contribution in [2.45, 2.75) is 13.3 Å². The molecule has 0 atom stereocenters. The predicted octanol–water partition coefficient (Wildman–Crippen LogP) is 2.25. The van der Waals surface area contributed by atoms with E-state index in [1.807, 2.05) is 18.2 Å². The number of hydrogen-bond acceptors (Lipinski definition) is 2. The molecular formula is C12H12O2. The molecule has 0 amide bonds. The van der Waals surface area contributed by atoms with Gasteiger partial charge in [0.25, 0.3) is 0 Å². The van der Waals surface area contributed by atoms with Gasteiger partial charge in [-0.15, -0.1) is 0 Å². The van der Waals surface area contributed by atoms with Gasteiger partial charge in [-0.25, -0.2) is 0 Å². The Bertz CT molecular complexity index is 363. The summed E-state index contributed by atoms with van der Waals surface area (Å²) in [7, 11) is 0. The topological polar surface area (TPSA) is 34.1 Å². The third-order valence-corrected chi connectivity index (χ3v) is 1.87. The van der Waals surface area contributed by atoms with E-state index in [1.165, 1.54) is 6.92 Å². The fourth-order valence-electron chi connectivity index (χ4n) is 1.13. The van der Waals surface area contributed by atoms with Crippen molar-refractivity contribution >= 4 is 17.1 Å². The second-order valence-electron chi connectivity index (χ2n) is 3.15. The lowest BCUT2D eigenvalue weighted by Crippen LogP contribution is -2.05. The van der Waals surface area contributed by atoms with Crippen molar-refractivity contribution in [3.63, 3.8) is 0 Å². The van der Waals surface area contributed by atoms with Crippen LogP contribution in [0.1, 0.15) is 18.9 Å². The Hall–Kier alpha value is -1.70. The van der Waals surface area contributed by atoms with Gasteiger partial charge in [-0.05, 0) is 12.5 Å². The van der Waals surface area contributed by atoms with E-state index in [9.17, 15) is 9.59 Å². The van der Waals surface area contributed by atoms with Crippen molar-refractivity contribution in [3.05, 3.63) is 42.5 Å². The zero-order valence-corrected chi connectivity index (χ0v) is 8.12. The average Bonchev–Trinajstić information content (AvgIpc) is 2.17. The molecule has 1 aromatic rings. The normalized spacial score (nSPS) is 9.50. The highest BCUT2D eigenvalue weighted by molar-refractivity contribution is 6.24. The summed E-state index contributed by atoms with van der Waals surface area (Å²) >= 11 is 0. The van der Waals surface area contributed by atoms with Crippen LogP contribution in [-0.4, -0.2) is 11.6 Å². The number of ketones is 2. The highest BCUT2D eigenvalue weighted by Crippen LogP contribution is 2.14. The summed E-state index contributed by atoms with van der Waals surface area (Å²) < 4.78 is 0. The smallest absolute Gasteiger partial charge is 0.170 e. The molecule has 0 bridgehead atoms. The number of allylic oxidation sites excluding steroid dienone is 1. The molecule has 2 nitrogen and oxygen atoms in total. The Morgan fingerprint density at radius 1 is 1.21 bits per heavy atom. The quantitative estimate of drug-likeness (QED) is 0.536. The minimum atomic E-state index is -0.205. The molecule has 0 heterocycles. The van der Waals surface area contributed by atoms with Gasteiger partial charge in [-0.2, -0.15) is 0 Å². The molecular weight excluding hydrogens is 176 g/mol. The summed E-state index contributed by atoms with van der Waals surface area (Å²) in [5.41, 5.74) is 1.18. The van der Waals surface area contributed by atoms with Crippen molar-refractivity contribution in [2.75, 3.05) is 0 Å². The van der Waals surface area contributed by atoms with E-state index >= 15 is 0 Å². The van der Waals surface area contributed by atoms with Gasteiger partial charge in [-0.1, -0.05) is 36.9 Å². The lowest BCUT2D eigenvalue weighted by Gasteiger charge is -2.02. The van der Waals surface area contributed by atoms with Crippen LogP contribution in [0.25, 0.3) is 5.57 Å². The number of rotatable bonds is 4. The SMILES string of the molecule is C=C(C(=O)CC(C)=O)c1ccccc1. The molecule has 0 unspecified atom stereocenters. The van der Waals surface area contributed by atoms with Crippen LogP contribution in [-0.2, 0) is 9.59 Å². The van der Waals surface area contributed by atoms with E-state index < -0.39 is 0 Å². The van der Waals surface area contributed by atoms with Crippen LogP contribution in [0, 0.1) is 0 Å². The maximum Gasteiger partial charge on any atom is 0.170 e. The fourth-order valence-corrected chi connectivity index (χ4v) is 1.13. The molecule has 0 aliphatic rings. The highest BCUT2D eigenvalue weighted by atomic mass is 16.1. The second kappa shape index (κ2) is 4.51. The van der Waals surface area contributed by atoms with Gasteiger partial charge >= 0.3 is 0 Å². The van der Waals surface area contributed by atoms with Crippen molar-refractivity contribution < 1.29 is 9.59 Å². The molecule has 2 heteroatoms. The molecule has 1 aromatic carbocycles. The summed E-state index contributed by atoms with van der Waals surface area (Å²) in [4.78, 5) is 22.2. The summed E-state index contributed by atoms with van der Waals surface area (Å²) in [5, 5.41) is 0. The Labute approximate surface area is 83.3 Å². The molecule has 0 radical (unpaired) electrons. The number of carbonyl (C=O) groups is 2. The largest absolute Gasteiger partial charge is 0.300 e. The molecule has 14 heavy (non-hydrogen) atoms. The van der Waals surface area contributed by atoms with Crippen LogP contribution in [0.4, 0.5) is 0 Å². The molecule has 0 aliphatic carbocycles. The third-order valence-electron chi connectivity index (χ3n) is 1.87. The van der Waals surface area contributed by atoms with E-state index in [0.29, 0.717) is 5.57 Å². The Kier molecular flexibility index (Phi) is 3.35. The Morgan fingerprint density at radius 3 is 2.29 bits per heavy atom. The lowest BCUT2D eigenvalue weighted by molar-refractivity contribution is -0.122. The first-order valence-corrected chi connectivity index (χ1v) is 4.38. The standard InChI is InChI=1S/C12H12O2/c1-9(13)8-12(14)10(2)11-6-4-3-5-7-11/h3-7H,2,8H2,1H3. The van der Waals surface area contributed by atoms with Gasteiger partial charge in [-0.3, -0.25) is 9.59 Å². The van der Waals surface area contributed by atoms with E-state index in [4.69, 9.17) is 0 Å². The number of hydrogen-bond donors (Lipinski definition) is 0. The third kappa shape index (κ3) is 2.66. The highest BCUT2D eigenvalue weighted by Gasteiger charge is 2.10. The summed E-state index contributed by atoms with van der Waals surface area (Å²) in [6, 6.07) is 9.15. The van der Waals surface area contributed by atoms with Crippen LogP contribution in [0.2, 0.25) is 0 Å². The van der Waals surface area contributed by atoms with Gasteiger partial charge < -0.3 is 0 Å². The van der Waals surface area contributed by atoms with E-state index in [0.717, 1.165) is 5.56 Å². The number of carbonyl (C=O) groups excluding carboxylic acids is 2. The van der Waals surface area contributed by atoms with E-state index in [1.54, 1.807) is 12.1 Å². The molecule has 72 valence electrons. The maximum atomic E-state index is 11.4. The fraction of sp³-hybridized carbons (Fsp3) is 0.167. The second-order valence-corrected chi connectivity index (χ2v) is 3.15. The molecule has 0 fully saturated rings. The van der Waals surface area contributed by atoms with Gasteiger partial charge in [0.15, 0.2) is 5.78 Å². The first-order valence-electron chi connectivity index (χ1n) is 4.38. The molecule has 1 rings (SSSR count). The first-order chi connectivity index (χ1) is 6.61. The zero-order chi connectivity index (χ0) is 10.6. The molecule has 0 N–H and O–H groups in total. The minimum Gasteiger partial charge on any atom is -0.300 e. The van der Waals surface area contributed by atoms with Gasteiger partial charge in [0.1, 0.15) is 5.78 Å². The van der Waals surface area contributed by atoms with Crippen LogP contribution in [0.3, 0.4) is 0 Å². The summed E-state index contributed by atoms with van der Waals surface area (Å²) in [6.07, 6.45) is -0.0618. The van der Waals surface area contributed by atoms with Crippen LogP contribution >= 0.6 is 0 Å². The van der Waals surface area contributed by atoms with Crippen molar-refractivity contribution in [1.29, 1.82) is 0 Å². The Morgan fingerprint density at radius 2 is 1.79 bits per heavy atom. The Balaban J connectivity index is 2.76. The van der Waals surface area contributed by atoms with Crippen molar-refractivity contribution in [1.82, 2.24) is 0 Å². The van der Waals surface area contributed by atoms with Crippen LogP contribution < -0.4 is 0 Å². The number of benzene rings is 1. The average molecular weight is 188 g/mol. The molecule has 0 saturated carbocycles. The molecule has 0 aromatic heterocycles.